The van der Waals surface area contributed by atoms with E-state index in [9.17, 15) is 5.11 Å². The van der Waals surface area contributed by atoms with Gasteiger partial charge in [-0.1, -0.05) is 29.8 Å². The van der Waals surface area contributed by atoms with Gasteiger partial charge in [-0.3, -0.25) is 0 Å². The molecule has 1 heterocycles. The van der Waals surface area contributed by atoms with Crippen LogP contribution in [-0.4, -0.2) is 11.7 Å². The van der Waals surface area contributed by atoms with Crippen LogP contribution < -0.4 is 5.73 Å². The quantitative estimate of drug-likeness (QED) is 0.807. The Hall–Kier alpha value is -0.430. The number of halogens is 1. The molecule has 2 nitrogen and oxygen atoms in total. The Bertz CT molecular complexity index is 526. The van der Waals surface area contributed by atoms with Crippen molar-refractivity contribution < 1.29 is 5.11 Å². The Morgan fingerprint density at radius 2 is 2.11 bits per heavy atom. The van der Waals surface area contributed by atoms with Crippen LogP contribution >= 0.6 is 33.9 Å². The number of nitrogens with two attached hydrogens (primary N) is 1. The second-order valence-electron chi connectivity index (χ2n) is 4.39. The minimum Gasteiger partial charge on any atom is -0.388 e. The van der Waals surface area contributed by atoms with E-state index in [0.717, 1.165) is 11.1 Å². The zero-order valence-corrected chi connectivity index (χ0v) is 13.1. The van der Waals surface area contributed by atoms with E-state index >= 15 is 0 Å². The van der Waals surface area contributed by atoms with Gasteiger partial charge in [0.25, 0.3) is 0 Å². The van der Waals surface area contributed by atoms with Crippen molar-refractivity contribution in [1.29, 1.82) is 0 Å². The molecule has 4 heteroatoms. The maximum absolute atomic E-state index is 10.5. The predicted molar refractivity (Wildman–Crippen MR) is 85.0 cm³/mol. The number of benzene rings is 1. The van der Waals surface area contributed by atoms with E-state index in [-0.39, 0.29) is 5.92 Å². The van der Waals surface area contributed by atoms with E-state index in [2.05, 4.69) is 41.6 Å². The Morgan fingerprint density at radius 3 is 2.67 bits per heavy atom. The normalized spacial score (nSPS) is 14.4. The van der Waals surface area contributed by atoms with E-state index in [4.69, 9.17) is 5.73 Å². The van der Waals surface area contributed by atoms with Crippen LogP contribution in [0.4, 0.5) is 0 Å². The first-order valence-electron chi connectivity index (χ1n) is 5.80. The van der Waals surface area contributed by atoms with Crippen LogP contribution in [0, 0.1) is 9.81 Å². The lowest BCUT2D eigenvalue weighted by Gasteiger charge is -2.21. The molecule has 1 aromatic carbocycles. The van der Waals surface area contributed by atoms with Crippen LogP contribution in [0.2, 0.25) is 0 Å². The molecule has 0 bridgehead atoms. The van der Waals surface area contributed by atoms with Gasteiger partial charge in [-0.15, -0.1) is 11.3 Å². The average Bonchev–Trinajstić information content (AvgIpc) is 2.77. The first kappa shape index (κ1) is 14.0. The van der Waals surface area contributed by atoms with Crippen molar-refractivity contribution in [3.05, 3.63) is 55.3 Å². The Balaban J connectivity index is 2.28. The molecule has 0 amide bonds. The third-order valence-electron chi connectivity index (χ3n) is 3.03. The summed E-state index contributed by atoms with van der Waals surface area (Å²) in [5, 5.41) is 12.5. The van der Waals surface area contributed by atoms with Crippen molar-refractivity contribution >= 4 is 33.9 Å². The number of rotatable bonds is 4. The van der Waals surface area contributed by atoms with Crippen LogP contribution in [0.1, 0.15) is 28.7 Å². The van der Waals surface area contributed by atoms with E-state index in [1.807, 2.05) is 23.6 Å². The van der Waals surface area contributed by atoms with E-state index < -0.39 is 6.10 Å². The summed E-state index contributed by atoms with van der Waals surface area (Å²) in [5.74, 6) is -0.0460. The molecule has 0 aliphatic rings. The van der Waals surface area contributed by atoms with Gasteiger partial charge in [0.2, 0.25) is 0 Å². The van der Waals surface area contributed by atoms with Gasteiger partial charge in [0.15, 0.2) is 0 Å². The molecule has 18 heavy (non-hydrogen) atoms. The van der Waals surface area contributed by atoms with Crippen molar-refractivity contribution in [3.8, 4) is 0 Å². The van der Waals surface area contributed by atoms with E-state index in [1.165, 1.54) is 8.45 Å². The lowest BCUT2D eigenvalue weighted by atomic mass is 9.89. The first-order valence-corrected chi connectivity index (χ1v) is 7.76. The second-order valence-corrected chi connectivity index (χ2v) is 7.19. The zero-order chi connectivity index (χ0) is 13.1. The van der Waals surface area contributed by atoms with Gasteiger partial charge in [0.1, 0.15) is 0 Å². The lowest BCUT2D eigenvalue weighted by Crippen LogP contribution is -2.19. The molecule has 2 rings (SSSR count). The number of hydrogen-bond donors (Lipinski definition) is 2. The highest BCUT2D eigenvalue weighted by atomic mass is 127. The van der Waals surface area contributed by atoms with Crippen LogP contribution in [0.5, 0.6) is 0 Å². The average molecular weight is 373 g/mol. The zero-order valence-electron chi connectivity index (χ0n) is 10.1. The molecular weight excluding hydrogens is 357 g/mol. The third-order valence-corrected chi connectivity index (χ3v) is 4.84. The fourth-order valence-electron chi connectivity index (χ4n) is 2.06. The Kier molecular flexibility index (Phi) is 4.77. The summed E-state index contributed by atoms with van der Waals surface area (Å²) in [7, 11) is 0. The standard InChI is InChI=1S/C14H16INOS/c1-9-3-2-4-10(5-9)12(7-16)14(17)11-6-13(15)18-8-11/h2-6,8,12,14,17H,7,16H2,1H3. The largest absolute Gasteiger partial charge is 0.388 e. The molecular formula is C14H16INOS. The molecule has 96 valence electrons. The van der Waals surface area contributed by atoms with Crippen molar-refractivity contribution in [3.63, 3.8) is 0 Å². The second kappa shape index (κ2) is 6.14. The highest BCUT2D eigenvalue weighted by Gasteiger charge is 2.22. The minimum atomic E-state index is -0.531. The van der Waals surface area contributed by atoms with Gasteiger partial charge in [-0.25, -0.2) is 0 Å². The number of aryl methyl sites for hydroxylation is 1. The van der Waals surface area contributed by atoms with Crippen molar-refractivity contribution in [2.75, 3.05) is 6.54 Å². The minimum absolute atomic E-state index is 0.0460. The van der Waals surface area contributed by atoms with Crippen molar-refractivity contribution in [2.45, 2.75) is 18.9 Å². The number of hydrogen-bond acceptors (Lipinski definition) is 3. The fraction of sp³-hybridized carbons (Fsp3) is 0.286. The summed E-state index contributed by atoms with van der Waals surface area (Å²) in [6.45, 7) is 2.49. The fourth-order valence-corrected chi connectivity index (χ4v) is 3.46. The summed E-state index contributed by atoms with van der Waals surface area (Å²) in [6, 6.07) is 10.2. The van der Waals surface area contributed by atoms with Gasteiger partial charge in [0.05, 0.1) is 8.99 Å². The topological polar surface area (TPSA) is 46.2 Å². The maximum atomic E-state index is 10.5. The first-order chi connectivity index (χ1) is 8.61. The summed E-state index contributed by atoms with van der Waals surface area (Å²) >= 11 is 3.91. The van der Waals surface area contributed by atoms with Crippen LogP contribution in [0.3, 0.4) is 0 Å². The SMILES string of the molecule is Cc1cccc(C(CN)C(O)c2csc(I)c2)c1. The molecule has 0 saturated heterocycles. The van der Waals surface area contributed by atoms with Gasteiger partial charge < -0.3 is 10.8 Å². The lowest BCUT2D eigenvalue weighted by molar-refractivity contribution is 0.148. The molecule has 0 saturated carbocycles. The molecule has 0 radical (unpaired) electrons. The van der Waals surface area contributed by atoms with Crippen molar-refractivity contribution in [1.82, 2.24) is 0 Å². The molecule has 1 aromatic heterocycles. The summed E-state index contributed by atoms with van der Waals surface area (Å²) in [5.41, 5.74) is 9.10. The van der Waals surface area contributed by atoms with Gasteiger partial charge in [0, 0.05) is 12.5 Å². The van der Waals surface area contributed by atoms with Gasteiger partial charge in [-0.05, 0) is 52.1 Å². The van der Waals surface area contributed by atoms with Crippen molar-refractivity contribution in [2.24, 2.45) is 5.73 Å². The highest BCUT2D eigenvalue weighted by Crippen LogP contribution is 2.33. The highest BCUT2D eigenvalue weighted by molar-refractivity contribution is 14.1. The Labute approximate surface area is 125 Å². The summed E-state index contributed by atoms with van der Waals surface area (Å²) < 4.78 is 1.18. The molecule has 0 spiro atoms. The molecule has 2 aromatic rings. The smallest absolute Gasteiger partial charge is 0.0879 e. The summed E-state index contributed by atoms with van der Waals surface area (Å²) in [6.07, 6.45) is -0.531. The number of thiophene rings is 1. The molecule has 2 atom stereocenters. The molecule has 0 aliphatic carbocycles. The molecule has 2 unspecified atom stereocenters. The van der Waals surface area contributed by atoms with Crippen LogP contribution in [0.15, 0.2) is 35.7 Å². The Morgan fingerprint density at radius 1 is 1.33 bits per heavy atom. The van der Waals surface area contributed by atoms with Gasteiger partial charge >= 0.3 is 0 Å². The molecule has 0 aliphatic heterocycles. The molecule has 0 fully saturated rings. The van der Waals surface area contributed by atoms with Gasteiger partial charge in [-0.2, -0.15) is 0 Å². The predicted octanol–water partition coefficient (Wildman–Crippen LogP) is 3.44. The van der Waals surface area contributed by atoms with Crippen LogP contribution in [0.25, 0.3) is 0 Å². The van der Waals surface area contributed by atoms with Crippen LogP contribution in [-0.2, 0) is 0 Å². The molecule has 3 N–H and O–H groups in total. The maximum Gasteiger partial charge on any atom is 0.0879 e. The monoisotopic (exact) mass is 373 g/mol. The number of aliphatic hydroxyl groups excluding tert-OH is 1. The number of aliphatic hydroxyl groups is 1. The van der Waals surface area contributed by atoms with E-state index in [1.54, 1.807) is 11.3 Å². The third kappa shape index (κ3) is 3.12. The van der Waals surface area contributed by atoms with E-state index in [0.29, 0.717) is 6.54 Å². The summed E-state index contributed by atoms with van der Waals surface area (Å²) in [4.78, 5) is 0.